The summed E-state index contributed by atoms with van der Waals surface area (Å²) in [5, 5.41) is 8.88. The zero-order valence-electron chi connectivity index (χ0n) is 17.8. The number of nitrogens with zero attached hydrogens (tertiary/aromatic N) is 2. The highest BCUT2D eigenvalue weighted by molar-refractivity contribution is 6.07. The topological polar surface area (TPSA) is 105 Å². The molecule has 0 aliphatic heterocycles. The molecule has 0 aliphatic rings. The minimum absolute atomic E-state index is 0.271. The summed E-state index contributed by atoms with van der Waals surface area (Å²) in [4.78, 5) is 33.0. The van der Waals surface area contributed by atoms with Gasteiger partial charge in [0.15, 0.2) is 0 Å². The highest BCUT2D eigenvalue weighted by atomic mass is 16.5. The molecule has 8 nitrogen and oxygen atoms in total. The second-order valence-electron chi connectivity index (χ2n) is 7.00. The number of rotatable bonds is 7. The lowest BCUT2D eigenvalue weighted by atomic mass is 10.1. The fourth-order valence-electron chi connectivity index (χ4n) is 3.08. The van der Waals surface area contributed by atoms with Crippen LogP contribution in [0.4, 0.5) is 22.7 Å². The summed E-state index contributed by atoms with van der Waals surface area (Å²) < 4.78 is 5.44. The highest BCUT2D eigenvalue weighted by Crippen LogP contribution is 2.30. The first-order valence-corrected chi connectivity index (χ1v) is 10.1. The summed E-state index contributed by atoms with van der Waals surface area (Å²) >= 11 is 0. The summed E-state index contributed by atoms with van der Waals surface area (Å²) in [6.45, 7) is 0. The summed E-state index contributed by atoms with van der Waals surface area (Å²) in [6, 6.07) is 18.9. The monoisotopic (exact) mass is 439 g/mol. The van der Waals surface area contributed by atoms with Gasteiger partial charge in [0.1, 0.15) is 5.75 Å². The maximum absolute atomic E-state index is 12.7. The molecule has 4 aromatic rings. The van der Waals surface area contributed by atoms with Gasteiger partial charge < -0.3 is 20.7 Å². The van der Waals surface area contributed by atoms with Gasteiger partial charge in [-0.05, 0) is 60.7 Å². The Hall–Kier alpha value is -4.72. The molecule has 0 bridgehead atoms. The smallest absolute Gasteiger partial charge is 0.255 e. The van der Waals surface area contributed by atoms with Crippen molar-refractivity contribution in [3.63, 3.8) is 0 Å². The molecule has 0 saturated heterocycles. The molecule has 3 N–H and O–H groups in total. The molecule has 2 amide bonds. The fraction of sp³-hybridized carbons (Fsp3) is 0.0400. The van der Waals surface area contributed by atoms with Crippen molar-refractivity contribution in [2.45, 2.75) is 0 Å². The van der Waals surface area contributed by atoms with E-state index in [9.17, 15) is 9.59 Å². The first-order valence-electron chi connectivity index (χ1n) is 10.1. The third kappa shape index (κ3) is 5.50. The highest BCUT2D eigenvalue weighted by Gasteiger charge is 2.12. The maximum atomic E-state index is 12.7. The van der Waals surface area contributed by atoms with E-state index in [1.165, 1.54) is 7.11 Å². The van der Waals surface area contributed by atoms with Crippen molar-refractivity contribution >= 4 is 34.6 Å². The molecule has 2 aromatic carbocycles. The third-order valence-electron chi connectivity index (χ3n) is 4.77. The standard InChI is InChI=1S/C25H21N5O3/c1-33-23-16-21(28-19-8-12-26-13-9-19)6-7-22(23)30-25(32)18-4-2-17(3-5-18)24(31)29-20-10-14-27-15-11-20/h2-16H,1H3,(H,26,28)(H,30,32)(H,27,29,31). The van der Waals surface area contributed by atoms with Crippen LogP contribution in [0.15, 0.2) is 91.5 Å². The molecule has 0 radical (unpaired) electrons. The van der Waals surface area contributed by atoms with Crippen LogP contribution in [0.3, 0.4) is 0 Å². The number of hydrogen-bond acceptors (Lipinski definition) is 6. The van der Waals surface area contributed by atoms with Gasteiger partial charge in [0.2, 0.25) is 0 Å². The van der Waals surface area contributed by atoms with Crippen molar-refractivity contribution in [1.82, 2.24) is 9.97 Å². The van der Waals surface area contributed by atoms with E-state index >= 15 is 0 Å². The van der Waals surface area contributed by atoms with Gasteiger partial charge in [-0.1, -0.05) is 0 Å². The molecule has 164 valence electrons. The van der Waals surface area contributed by atoms with Crippen LogP contribution in [0.2, 0.25) is 0 Å². The first kappa shape index (κ1) is 21.5. The van der Waals surface area contributed by atoms with E-state index in [1.807, 2.05) is 18.2 Å². The van der Waals surface area contributed by atoms with E-state index < -0.39 is 0 Å². The molecule has 0 fully saturated rings. The number of nitrogens with one attached hydrogen (secondary N) is 3. The van der Waals surface area contributed by atoms with Crippen LogP contribution >= 0.6 is 0 Å². The normalized spacial score (nSPS) is 10.2. The largest absolute Gasteiger partial charge is 0.494 e. The maximum Gasteiger partial charge on any atom is 0.255 e. The zero-order chi connectivity index (χ0) is 23.0. The quantitative estimate of drug-likeness (QED) is 0.384. The Morgan fingerprint density at radius 1 is 0.667 bits per heavy atom. The summed E-state index contributed by atoms with van der Waals surface area (Å²) in [5.41, 5.74) is 3.72. The van der Waals surface area contributed by atoms with E-state index in [1.54, 1.807) is 73.3 Å². The molecule has 33 heavy (non-hydrogen) atoms. The number of pyridine rings is 2. The Morgan fingerprint density at radius 2 is 1.21 bits per heavy atom. The number of carbonyl (C=O) groups excluding carboxylic acids is 2. The number of carbonyl (C=O) groups is 2. The van der Waals surface area contributed by atoms with Crippen molar-refractivity contribution < 1.29 is 14.3 Å². The zero-order valence-corrected chi connectivity index (χ0v) is 17.8. The molecule has 2 heterocycles. The lowest BCUT2D eigenvalue weighted by Gasteiger charge is -2.13. The minimum Gasteiger partial charge on any atom is -0.494 e. The SMILES string of the molecule is COc1cc(Nc2ccncc2)ccc1NC(=O)c1ccc(C(=O)Nc2ccncc2)cc1. The Labute approximate surface area is 190 Å². The molecule has 8 heteroatoms. The van der Waals surface area contributed by atoms with Crippen molar-refractivity contribution in [3.8, 4) is 5.75 Å². The predicted molar refractivity (Wildman–Crippen MR) is 127 cm³/mol. The van der Waals surface area contributed by atoms with Gasteiger partial charge >= 0.3 is 0 Å². The van der Waals surface area contributed by atoms with Crippen LogP contribution in [0, 0.1) is 0 Å². The molecule has 0 aliphatic carbocycles. The first-order chi connectivity index (χ1) is 16.1. The minimum atomic E-state index is -0.316. The Kier molecular flexibility index (Phi) is 6.56. The molecular formula is C25H21N5O3. The number of hydrogen-bond donors (Lipinski definition) is 3. The Bertz CT molecular complexity index is 1250. The molecule has 2 aromatic heterocycles. The number of aromatic nitrogens is 2. The number of anilines is 4. The van der Waals surface area contributed by atoms with Gasteiger partial charge in [-0.15, -0.1) is 0 Å². The molecule has 4 rings (SSSR count). The average Bonchev–Trinajstić information content (AvgIpc) is 2.86. The van der Waals surface area contributed by atoms with Gasteiger partial charge in [-0.3, -0.25) is 19.6 Å². The van der Waals surface area contributed by atoms with E-state index in [0.29, 0.717) is 28.3 Å². The molecule has 0 saturated carbocycles. The number of methoxy groups -OCH3 is 1. The lowest BCUT2D eigenvalue weighted by molar-refractivity contribution is 0.101. The summed E-state index contributed by atoms with van der Waals surface area (Å²) in [7, 11) is 1.54. The second kappa shape index (κ2) is 10.1. The van der Waals surface area contributed by atoms with Crippen LogP contribution < -0.4 is 20.7 Å². The Balaban J connectivity index is 1.42. The molecular weight excluding hydrogens is 418 g/mol. The van der Waals surface area contributed by atoms with Gasteiger partial charge in [0, 0.05) is 59.0 Å². The third-order valence-corrected chi connectivity index (χ3v) is 4.77. The van der Waals surface area contributed by atoms with Crippen LogP contribution in [0.1, 0.15) is 20.7 Å². The van der Waals surface area contributed by atoms with Crippen LogP contribution in [0.25, 0.3) is 0 Å². The molecule has 0 atom stereocenters. The van der Waals surface area contributed by atoms with Crippen molar-refractivity contribution in [2.75, 3.05) is 23.1 Å². The number of benzene rings is 2. The number of amides is 2. The van der Waals surface area contributed by atoms with Crippen molar-refractivity contribution in [1.29, 1.82) is 0 Å². The van der Waals surface area contributed by atoms with Gasteiger partial charge in [0.25, 0.3) is 11.8 Å². The van der Waals surface area contributed by atoms with Gasteiger partial charge in [-0.2, -0.15) is 0 Å². The van der Waals surface area contributed by atoms with Crippen LogP contribution in [-0.2, 0) is 0 Å². The van der Waals surface area contributed by atoms with Gasteiger partial charge in [-0.25, -0.2) is 0 Å². The average molecular weight is 439 g/mol. The fourth-order valence-corrected chi connectivity index (χ4v) is 3.08. The number of ether oxygens (including phenoxy) is 1. The van der Waals surface area contributed by atoms with Crippen LogP contribution in [-0.4, -0.2) is 28.9 Å². The summed E-state index contributed by atoms with van der Waals surface area (Å²) in [5.74, 6) is -0.0768. The molecule has 0 unspecified atom stereocenters. The van der Waals surface area contributed by atoms with Crippen molar-refractivity contribution in [2.24, 2.45) is 0 Å². The second-order valence-corrected chi connectivity index (χ2v) is 7.00. The Morgan fingerprint density at radius 3 is 1.79 bits per heavy atom. The van der Waals surface area contributed by atoms with E-state index in [-0.39, 0.29) is 11.8 Å². The van der Waals surface area contributed by atoms with Gasteiger partial charge in [0.05, 0.1) is 12.8 Å². The van der Waals surface area contributed by atoms with E-state index in [0.717, 1.165) is 11.4 Å². The molecule has 0 spiro atoms. The predicted octanol–water partition coefficient (Wildman–Crippen LogP) is 4.73. The van der Waals surface area contributed by atoms with E-state index in [2.05, 4.69) is 25.9 Å². The van der Waals surface area contributed by atoms with E-state index in [4.69, 9.17) is 4.74 Å². The summed E-state index contributed by atoms with van der Waals surface area (Å²) in [6.07, 6.45) is 6.59. The lowest BCUT2D eigenvalue weighted by Crippen LogP contribution is -2.14. The van der Waals surface area contributed by atoms with Crippen molar-refractivity contribution in [3.05, 3.63) is 103 Å². The van der Waals surface area contributed by atoms with Crippen LogP contribution in [0.5, 0.6) is 5.75 Å².